The molecule has 3 aromatic rings. The largest absolute Gasteiger partial charge is 0.354 e. The van der Waals surface area contributed by atoms with Crippen LogP contribution >= 0.6 is 11.6 Å². The lowest BCUT2D eigenvalue weighted by molar-refractivity contribution is -0.139. The lowest BCUT2D eigenvalue weighted by Crippen LogP contribution is -2.51. The first-order chi connectivity index (χ1) is 18.4. The monoisotopic (exact) mass is 569 g/mol. The van der Waals surface area contributed by atoms with Gasteiger partial charge in [0.05, 0.1) is 10.6 Å². The van der Waals surface area contributed by atoms with Crippen molar-refractivity contribution in [3.63, 3.8) is 0 Å². The van der Waals surface area contributed by atoms with E-state index in [1.165, 1.54) is 17.0 Å². The Kier molecular flexibility index (Phi) is 10.2. The predicted molar refractivity (Wildman–Crippen MR) is 156 cm³/mol. The molecule has 1 N–H and O–H groups in total. The molecule has 0 saturated carbocycles. The molecule has 0 fully saturated rings. The fourth-order valence-electron chi connectivity index (χ4n) is 4.01. The van der Waals surface area contributed by atoms with E-state index < -0.39 is 28.5 Å². The maximum absolute atomic E-state index is 13.9. The van der Waals surface area contributed by atoms with Crippen LogP contribution in [0.2, 0.25) is 5.02 Å². The SMILES string of the molecule is CCCNC(=O)C(C)N(Cc1ccc(Cl)cc1)C(=O)CN(c1ccc(C)c(C)c1)S(=O)(=O)c1ccc(C)cc1. The molecule has 39 heavy (non-hydrogen) atoms. The van der Waals surface area contributed by atoms with Gasteiger partial charge in [-0.3, -0.25) is 13.9 Å². The van der Waals surface area contributed by atoms with Crippen LogP contribution < -0.4 is 9.62 Å². The Hall–Kier alpha value is -3.36. The molecule has 0 heterocycles. The summed E-state index contributed by atoms with van der Waals surface area (Å²) < 4.78 is 28.9. The fraction of sp³-hybridized carbons (Fsp3) is 0.333. The second kappa shape index (κ2) is 13.1. The quantitative estimate of drug-likeness (QED) is 0.335. The maximum atomic E-state index is 13.9. The van der Waals surface area contributed by atoms with Gasteiger partial charge in [-0.25, -0.2) is 8.42 Å². The highest BCUT2D eigenvalue weighted by Gasteiger charge is 2.32. The summed E-state index contributed by atoms with van der Waals surface area (Å²) in [7, 11) is -4.10. The summed E-state index contributed by atoms with van der Waals surface area (Å²) in [5, 5.41) is 3.39. The van der Waals surface area contributed by atoms with Gasteiger partial charge in [0.15, 0.2) is 0 Å². The zero-order valence-electron chi connectivity index (χ0n) is 23.1. The lowest BCUT2D eigenvalue weighted by atomic mass is 10.1. The molecule has 208 valence electrons. The summed E-state index contributed by atoms with van der Waals surface area (Å²) in [6.07, 6.45) is 0.749. The Morgan fingerprint density at radius 2 is 1.56 bits per heavy atom. The minimum Gasteiger partial charge on any atom is -0.354 e. The van der Waals surface area contributed by atoms with E-state index in [0.29, 0.717) is 17.3 Å². The van der Waals surface area contributed by atoms with Gasteiger partial charge in [0.2, 0.25) is 11.8 Å². The zero-order chi connectivity index (χ0) is 28.7. The molecule has 0 saturated heterocycles. The smallest absolute Gasteiger partial charge is 0.264 e. The molecule has 3 rings (SSSR count). The minimum atomic E-state index is -4.10. The van der Waals surface area contributed by atoms with Crippen LogP contribution in [0.15, 0.2) is 71.6 Å². The molecular weight excluding hydrogens is 534 g/mol. The molecule has 7 nitrogen and oxygen atoms in total. The standard InChI is InChI=1S/C30H36ClN3O4S/c1-6-17-32-30(36)24(5)33(19-25-10-12-26(31)13-11-25)29(35)20-34(27-14-9-22(3)23(4)18-27)39(37,38)28-15-7-21(2)8-16-28/h7-16,18,24H,6,17,19-20H2,1-5H3,(H,32,36). The van der Waals surface area contributed by atoms with E-state index in [1.54, 1.807) is 55.5 Å². The van der Waals surface area contributed by atoms with Gasteiger partial charge in [0.25, 0.3) is 10.0 Å². The third kappa shape index (κ3) is 7.61. The number of aryl methyl sites for hydroxylation is 3. The van der Waals surface area contributed by atoms with E-state index in [-0.39, 0.29) is 17.3 Å². The van der Waals surface area contributed by atoms with Crippen molar-refractivity contribution in [3.8, 4) is 0 Å². The number of hydrogen-bond donors (Lipinski definition) is 1. The fourth-order valence-corrected chi connectivity index (χ4v) is 5.54. The van der Waals surface area contributed by atoms with E-state index in [9.17, 15) is 18.0 Å². The van der Waals surface area contributed by atoms with Gasteiger partial charge in [0.1, 0.15) is 12.6 Å². The Bertz CT molecular complexity index is 1410. The van der Waals surface area contributed by atoms with Crippen LogP contribution in [0.5, 0.6) is 0 Å². The number of nitrogens with zero attached hydrogens (tertiary/aromatic N) is 2. The first kappa shape index (κ1) is 30.2. The van der Waals surface area contributed by atoms with Crippen molar-refractivity contribution in [2.45, 2.75) is 58.5 Å². The molecule has 0 bridgehead atoms. The Morgan fingerprint density at radius 3 is 2.15 bits per heavy atom. The van der Waals surface area contributed by atoms with Crippen LogP contribution in [-0.2, 0) is 26.2 Å². The van der Waals surface area contributed by atoms with Crippen LogP contribution in [0.4, 0.5) is 5.69 Å². The van der Waals surface area contributed by atoms with Crippen LogP contribution in [0.1, 0.15) is 42.5 Å². The number of anilines is 1. The molecule has 9 heteroatoms. The summed E-state index contributed by atoms with van der Waals surface area (Å²) in [4.78, 5) is 28.3. The number of hydrogen-bond acceptors (Lipinski definition) is 4. The normalized spacial score (nSPS) is 12.1. The molecule has 0 aliphatic rings. The van der Waals surface area contributed by atoms with Crippen molar-refractivity contribution in [2.24, 2.45) is 0 Å². The lowest BCUT2D eigenvalue weighted by Gasteiger charge is -2.32. The molecule has 2 amide bonds. The second-order valence-electron chi connectivity index (χ2n) is 9.71. The molecule has 1 atom stereocenters. The number of carbonyl (C=O) groups excluding carboxylic acids is 2. The van der Waals surface area contributed by atoms with Gasteiger partial charge in [0, 0.05) is 18.1 Å². The highest BCUT2D eigenvalue weighted by Crippen LogP contribution is 2.27. The molecule has 0 spiro atoms. The molecular formula is C30H36ClN3O4S. The van der Waals surface area contributed by atoms with Gasteiger partial charge < -0.3 is 10.2 Å². The number of amides is 2. The van der Waals surface area contributed by atoms with E-state index in [1.807, 2.05) is 33.8 Å². The number of sulfonamides is 1. The van der Waals surface area contributed by atoms with Crippen LogP contribution in [0.25, 0.3) is 0 Å². The van der Waals surface area contributed by atoms with Gasteiger partial charge in [-0.1, -0.05) is 54.4 Å². The number of carbonyl (C=O) groups is 2. The summed E-state index contributed by atoms with van der Waals surface area (Å²) in [5.41, 5.74) is 3.96. The highest BCUT2D eigenvalue weighted by molar-refractivity contribution is 7.92. The first-order valence-electron chi connectivity index (χ1n) is 12.9. The Labute approximate surface area is 236 Å². The third-order valence-corrected chi connectivity index (χ3v) is 8.69. The summed E-state index contributed by atoms with van der Waals surface area (Å²) in [5.74, 6) is -0.809. The number of benzene rings is 3. The van der Waals surface area contributed by atoms with Gasteiger partial charge in [-0.15, -0.1) is 0 Å². The van der Waals surface area contributed by atoms with Crippen molar-refractivity contribution in [3.05, 3.63) is 94.0 Å². The topological polar surface area (TPSA) is 86.8 Å². The number of halogens is 1. The van der Waals surface area contributed by atoms with E-state index >= 15 is 0 Å². The van der Waals surface area contributed by atoms with Crippen LogP contribution in [-0.4, -0.2) is 44.3 Å². The van der Waals surface area contributed by atoms with Gasteiger partial charge in [-0.2, -0.15) is 0 Å². The van der Waals surface area contributed by atoms with Gasteiger partial charge >= 0.3 is 0 Å². The summed E-state index contributed by atoms with van der Waals surface area (Å²) in [6.45, 7) is 9.41. The van der Waals surface area contributed by atoms with Crippen molar-refractivity contribution in [1.82, 2.24) is 10.2 Å². The first-order valence-corrected chi connectivity index (χ1v) is 14.7. The summed E-state index contributed by atoms with van der Waals surface area (Å²) in [6, 6.07) is 18.0. The summed E-state index contributed by atoms with van der Waals surface area (Å²) >= 11 is 6.04. The number of rotatable bonds is 11. The molecule has 0 radical (unpaired) electrons. The van der Waals surface area contributed by atoms with Crippen molar-refractivity contribution in [2.75, 3.05) is 17.4 Å². The second-order valence-corrected chi connectivity index (χ2v) is 12.0. The average Bonchev–Trinajstić information content (AvgIpc) is 2.91. The molecule has 0 aromatic heterocycles. The van der Waals surface area contributed by atoms with Crippen molar-refractivity contribution >= 4 is 39.1 Å². The molecule has 1 unspecified atom stereocenters. The third-order valence-electron chi connectivity index (χ3n) is 6.65. The number of nitrogens with one attached hydrogen (secondary N) is 1. The minimum absolute atomic E-state index is 0.0807. The Balaban J connectivity index is 2.04. The van der Waals surface area contributed by atoms with Crippen molar-refractivity contribution < 1.29 is 18.0 Å². The van der Waals surface area contributed by atoms with Gasteiger partial charge in [-0.05, 0) is 87.2 Å². The Morgan fingerprint density at radius 1 is 0.923 bits per heavy atom. The molecule has 3 aromatic carbocycles. The van der Waals surface area contributed by atoms with Crippen LogP contribution in [0.3, 0.4) is 0 Å². The van der Waals surface area contributed by atoms with E-state index in [4.69, 9.17) is 11.6 Å². The highest BCUT2D eigenvalue weighted by atomic mass is 35.5. The molecule has 0 aliphatic carbocycles. The van der Waals surface area contributed by atoms with E-state index in [2.05, 4.69) is 5.32 Å². The average molecular weight is 570 g/mol. The predicted octanol–water partition coefficient (Wildman–Crippen LogP) is 5.40. The van der Waals surface area contributed by atoms with Crippen LogP contribution in [0, 0.1) is 20.8 Å². The maximum Gasteiger partial charge on any atom is 0.264 e. The van der Waals surface area contributed by atoms with E-state index in [0.717, 1.165) is 33.0 Å². The molecule has 0 aliphatic heterocycles. The van der Waals surface area contributed by atoms with Crippen molar-refractivity contribution in [1.29, 1.82) is 0 Å². The zero-order valence-corrected chi connectivity index (χ0v) is 24.6.